The fourth-order valence-corrected chi connectivity index (χ4v) is 2.47. The molecule has 0 radical (unpaired) electrons. The van der Waals surface area contributed by atoms with Gasteiger partial charge in [-0.1, -0.05) is 37.3 Å². The number of aromatic amines is 1. The van der Waals surface area contributed by atoms with Crippen LogP contribution in [0.3, 0.4) is 0 Å². The molecular weight excluding hydrogens is 225 g/mol. The summed E-state index contributed by atoms with van der Waals surface area (Å²) in [4.78, 5) is 3.35. The highest BCUT2D eigenvalue weighted by Crippen LogP contribution is 2.32. The van der Waals surface area contributed by atoms with Gasteiger partial charge in [-0.2, -0.15) is 0 Å². The first-order valence-electron chi connectivity index (χ1n) is 6.04. The smallest absolute Gasteiger partial charge is 0.427 e. The van der Waals surface area contributed by atoms with Gasteiger partial charge in [-0.3, -0.25) is 0 Å². The van der Waals surface area contributed by atoms with Gasteiger partial charge < -0.3 is 15.0 Å². The SMILES string of the molecule is CC(B(O)O)c1cccc2[nH]c3ccccc3c12. The molecule has 4 heteroatoms. The number of H-pyrrole nitrogens is 1. The lowest BCUT2D eigenvalue weighted by Crippen LogP contribution is -2.20. The van der Waals surface area contributed by atoms with E-state index in [1.54, 1.807) is 0 Å². The van der Waals surface area contributed by atoms with Crippen LogP contribution < -0.4 is 0 Å². The molecule has 1 aromatic heterocycles. The van der Waals surface area contributed by atoms with Gasteiger partial charge in [-0.25, -0.2) is 0 Å². The van der Waals surface area contributed by atoms with Crippen molar-refractivity contribution in [3.8, 4) is 0 Å². The van der Waals surface area contributed by atoms with Crippen LogP contribution in [-0.2, 0) is 0 Å². The third kappa shape index (κ3) is 1.62. The average molecular weight is 239 g/mol. The van der Waals surface area contributed by atoms with Gasteiger partial charge >= 0.3 is 7.12 Å². The summed E-state index contributed by atoms with van der Waals surface area (Å²) in [6, 6.07) is 14.0. The number of nitrogens with one attached hydrogen (secondary N) is 1. The van der Waals surface area contributed by atoms with E-state index in [4.69, 9.17) is 0 Å². The zero-order valence-electron chi connectivity index (χ0n) is 10.1. The van der Waals surface area contributed by atoms with Gasteiger partial charge in [0.05, 0.1) is 0 Å². The van der Waals surface area contributed by atoms with Crippen molar-refractivity contribution in [3.05, 3.63) is 48.0 Å². The minimum absolute atomic E-state index is 0.312. The quantitative estimate of drug-likeness (QED) is 0.601. The van der Waals surface area contributed by atoms with Crippen LogP contribution >= 0.6 is 0 Å². The van der Waals surface area contributed by atoms with Gasteiger partial charge in [0, 0.05) is 27.6 Å². The van der Waals surface area contributed by atoms with Crippen molar-refractivity contribution in [2.24, 2.45) is 0 Å². The average Bonchev–Trinajstić information content (AvgIpc) is 2.76. The van der Waals surface area contributed by atoms with Crippen LogP contribution in [0.4, 0.5) is 0 Å². The first-order chi connectivity index (χ1) is 8.68. The Hall–Kier alpha value is -1.78. The summed E-state index contributed by atoms with van der Waals surface area (Å²) in [5.41, 5.74) is 3.06. The van der Waals surface area contributed by atoms with Gasteiger partial charge in [-0.15, -0.1) is 0 Å². The van der Waals surface area contributed by atoms with Gasteiger partial charge in [-0.05, 0) is 17.7 Å². The highest BCUT2D eigenvalue weighted by Gasteiger charge is 2.23. The Kier molecular flexibility index (Phi) is 2.61. The largest absolute Gasteiger partial charge is 0.459 e. The summed E-state index contributed by atoms with van der Waals surface area (Å²) < 4.78 is 0. The van der Waals surface area contributed by atoms with E-state index in [-0.39, 0.29) is 5.82 Å². The molecule has 1 heterocycles. The molecule has 3 aromatic rings. The van der Waals surface area contributed by atoms with E-state index in [9.17, 15) is 10.0 Å². The molecule has 0 saturated carbocycles. The Labute approximate surface area is 105 Å². The molecule has 0 aliphatic rings. The number of rotatable bonds is 2. The van der Waals surface area contributed by atoms with Crippen LogP contribution in [-0.4, -0.2) is 22.2 Å². The molecule has 18 heavy (non-hydrogen) atoms. The molecule has 3 N–H and O–H groups in total. The highest BCUT2D eigenvalue weighted by atomic mass is 16.4. The zero-order chi connectivity index (χ0) is 12.7. The Morgan fingerprint density at radius 2 is 1.72 bits per heavy atom. The maximum Gasteiger partial charge on any atom is 0.459 e. The molecule has 2 aromatic carbocycles. The summed E-state index contributed by atoms with van der Waals surface area (Å²) >= 11 is 0. The lowest BCUT2D eigenvalue weighted by atomic mass is 9.69. The molecule has 0 bridgehead atoms. The van der Waals surface area contributed by atoms with Crippen molar-refractivity contribution in [2.75, 3.05) is 0 Å². The van der Waals surface area contributed by atoms with Gasteiger partial charge in [0.2, 0.25) is 0 Å². The second kappa shape index (κ2) is 4.16. The van der Waals surface area contributed by atoms with Crippen molar-refractivity contribution in [1.29, 1.82) is 0 Å². The molecule has 0 aliphatic carbocycles. The third-order valence-electron chi connectivity index (χ3n) is 3.50. The number of benzene rings is 2. The normalized spacial score (nSPS) is 13.1. The number of para-hydroxylation sites is 1. The topological polar surface area (TPSA) is 56.2 Å². The Bertz CT molecular complexity index is 705. The number of hydrogen-bond acceptors (Lipinski definition) is 2. The van der Waals surface area contributed by atoms with Gasteiger partial charge in [0.1, 0.15) is 0 Å². The molecule has 90 valence electrons. The highest BCUT2D eigenvalue weighted by molar-refractivity contribution is 6.43. The van der Waals surface area contributed by atoms with Crippen molar-refractivity contribution in [2.45, 2.75) is 12.7 Å². The molecule has 0 spiro atoms. The van der Waals surface area contributed by atoms with Crippen LogP contribution in [0.1, 0.15) is 18.3 Å². The number of fused-ring (bicyclic) bond motifs is 3. The minimum atomic E-state index is -1.34. The summed E-state index contributed by atoms with van der Waals surface area (Å²) in [5, 5.41) is 21.0. The lowest BCUT2D eigenvalue weighted by Gasteiger charge is -2.11. The summed E-state index contributed by atoms with van der Waals surface area (Å²) in [6.45, 7) is 1.82. The third-order valence-corrected chi connectivity index (χ3v) is 3.50. The van der Waals surface area contributed by atoms with Crippen LogP contribution in [0, 0.1) is 0 Å². The second-order valence-electron chi connectivity index (χ2n) is 4.64. The molecule has 0 saturated heterocycles. The molecule has 3 rings (SSSR count). The zero-order valence-corrected chi connectivity index (χ0v) is 10.1. The van der Waals surface area contributed by atoms with E-state index in [0.29, 0.717) is 0 Å². The van der Waals surface area contributed by atoms with Crippen LogP contribution in [0.25, 0.3) is 21.8 Å². The second-order valence-corrected chi connectivity index (χ2v) is 4.64. The van der Waals surface area contributed by atoms with E-state index >= 15 is 0 Å². The van der Waals surface area contributed by atoms with E-state index < -0.39 is 7.12 Å². The molecule has 1 atom stereocenters. The molecule has 0 amide bonds. The Morgan fingerprint density at radius 3 is 2.50 bits per heavy atom. The van der Waals surface area contributed by atoms with E-state index in [1.807, 2.05) is 49.4 Å². The summed E-state index contributed by atoms with van der Waals surface area (Å²) in [6.07, 6.45) is 0. The fourth-order valence-electron chi connectivity index (χ4n) is 2.47. The van der Waals surface area contributed by atoms with E-state index in [1.165, 1.54) is 0 Å². The minimum Gasteiger partial charge on any atom is -0.427 e. The van der Waals surface area contributed by atoms with Crippen molar-refractivity contribution >= 4 is 28.9 Å². The van der Waals surface area contributed by atoms with Crippen molar-refractivity contribution in [1.82, 2.24) is 4.98 Å². The predicted octanol–water partition coefficient (Wildman–Crippen LogP) is 2.44. The van der Waals surface area contributed by atoms with Crippen molar-refractivity contribution < 1.29 is 10.0 Å². The first kappa shape index (κ1) is 11.3. The molecular formula is C14H14BNO2. The Morgan fingerprint density at radius 1 is 1.00 bits per heavy atom. The van der Waals surface area contributed by atoms with Crippen LogP contribution in [0.2, 0.25) is 0 Å². The summed E-state index contributed by atoms with van der Waals surface area (Å²) in [5.74, 6) is -0.312. The summed E-state index contributed by atoms with van der Waals surface area (Å²) in [7, 11) is -1.34. The van der Waals surface area contributed by atoms with Gasteiger partial charge in [0.25, 0.3) is 0 Å². The van der Waals surface area contributed by atoms with Crippen LogP contribution in [0.15, 0.2) is 42.5 Å². The number of aromatic nitrogens is 1. The van der Waals surface area contributed by atoms with E-state index in [0.717, 1.165) is 27.4 Å². The molecule has 3 nitrogen and oxygen atoms in total. The maximum absolute atomic E-state index is 9.39. The fraction of sp³-hybridized carbons (Fsp3) is 0.143. The predicted molar refractivity (Wildman–Crippen MR) is 74.4 cm³/mol. The molecule has 0 fully saturated rings. The standard InChI is InChI=1S/C14H14BNO2/c1-9(15(17)18)10-6-4-8-13-14(10)11-5-2-3-7-12(11)16-13/h2-9,16-18H,1H3. The maximum atomic E-state index is 9.39. The lowest BCUT2D eigenvalue weighted by molar-refractivity contribution is 0.392. The monoisotopic (exact) mass is 239 g/mol. The van der Waals surface area contributed by atoms with Crippen molar-refractivity contribution in [3.63, 3.8) is 0 Å². The van der Waals surface area contributed by atoms with Gasteiger partial charge in [0.15, 0.2) is 0 Å². The Balaban J connectivity index is 2.38. The molecule has 1 unspecified atom stereocenters. The van der Waals surface area contributed by atoms with Crippen LogP contribution in [0.5, 0.6) is 0 Å². The number of hydrogen-bond donors (Lipinski definition) is 3. The first-order valence-corrected chi connectivity index (χ1v) is 6.04. The molecule has 0 aliphatic heterocycles. The van der Waals surface area contributed by atoms with E-state index in [2.05, 4.69) is 4.98 Å².